The summed E-state index contributed by atoms with van der Waals surface area (Å²) < 4.78 is 58.3. The molecule has 7 atom stereocenters. The van der Waals surface area contributed by atoms with Gasteiger partial charge >= 0.3 is 13.7 Å². The fourth-order valence-electron chi connectivity index (χ4n) is 4.82. The van der Waals surface area contributed by atoms with Crippen molar-refractivity contribution in [3.05, 3.63) is 36.7 Å². The van der Waals surface area contributed by atoms with Crippen molar-refractivity contribution in [1.82, 2.24) is 24.6 Å². The van der Waals surface area contributed by atoms with Crippen molar-refractivity contribution >= 4 is 30.8 Å². The smallest absolute Gasteiger partial charge is 0.459 e. The highest BCUT2D eigenvalue weighted by Gasteiger charge is 2.79. The number of rotatable bonds is 12. The number of aliphatic hydroxyl groups is 1. The number of hydrogen-bond donors (Lipinski definition) is 3. The normalized spacial score (nSPS) is 27.3. The average molecular weight is 595 g/mol. The zero-order valence-electron chi connectivity index (χ0n) is 22.8. The average Bonchev–Trinajstić information content (AvgIpc) is 3.16. The zero-order chi connectivity index (χ0) is 29.5. The fraction of sp³-hybridized carbons (Fsp3) is 0.520. The quantitative estimate of drug-likeness (QED) is 0.206. The van der Waals surface area contributed by atoms with Crippen LogP contribution in [0.2, 0.25) is 0 Å². The SMILES string of the molecule is CCOc1nc(N)nc2c1ncn2[C@@H]1O[C@@H]2C(OP(=O)(N[C@H](C)C(=O)OC(C)C)Oc3ccccc3)[C@]2(CF)[C@H]1O. The van der Waals surface area contributed by atoms with Gasteiger partial charge in [-0.2, -0.15) is 15.1 Å². The van der Waals surface area contributed by atoms with Crippen molar-refractivity contribution in [3.63, 3.8) is 0 Å². The van der Waals surface area contributed by atoms with Crippen molar-refractivity contribution in [2.45, 2.75) is 64.4 Å². The molecular formula is C25H32FN6O8P. The molecule has 0 radical (unpaired) electrons. The van der Waals surface area contributed by atoms with Gasteiger partial charge in [-0.15, -0.1) is 0 Å². The molecule has 2 unspecified atom stereocenters. The molecule has 0 amide bonds. The van der Waals surface area contributed by atoms with Gasteiger partial charge in [0, 0.05) is 0 Å². The minimum atomic E-state index is -4.35. The van der Waals surface area contributed by atoms with Crippen LogP contribution in [0, 0.1) is 5.41 Å². The molecule has 1 aliphatic carbocycles. The number of ether oxygens (including phenoxy) is 3. The van der Waals surface area contributed by atoms with Gasteiger partial charge < -0.3 is 29.6 Å². The van der Waals surface area contributed by atoms with E-state index in [0.29, 0.717) is 6.61 Å². The molecule has 1 aliphatic heterocycles. The van der Waals surface area contributed by atoms with Crippen molar-refractivity contribution in [2.24, 2.45) is 5.41 Å². The maximum Gasteiger partial charge on any atom is 0.459 e. The minimum Gasteiger partial charge on any atom is -0.476 e. The molecule has 2 aromatic heterocycles. The molecule has 0 spiro atoms. The number of aliphatic hydroxyl groups excluding tert-OH is 1. The van der Waals surface area contributed by atoms with E-state index in [4.69, 9.17) is 29.0 Å². The topological polar surface area (TPSA) is 182 Å². The Morgan fingerprint density at radius 1 is 1.29 bits per heavy atom. The van der Waals surface area contributed by atoms with E-state index < -0.39 is 62.5 Å². The first-order valence-corrected chi connectivity index (χ1v) is 14.6. The van der Waals surface area contributed by atoms with E-state index >= 15 is 0 Å². The number of nitrogens with two attached hydrogens (primary N) is 1. The van der Waals surface area contributed by atoms with E-state index in [1.807, 2.05) is 0 Å². The molecule has 0 bridgehead atoms. The molecule has 1 aromatic carbocycles. The van der Waals surface area contributed by atoms with Crippen LogP contribution in [0.5, 0.6) is 11.6 Å². The maximum atomic E-state index is 14.7. The Morgan fingerprint density at radius 3 is 2.66 bits per heavy atom. The van der Waals surface area contributed by atoms with E-state index in [1.54, 1.807) is 51.1 Å². The van der Waals surface area contributed by atoms with Crippen molar-refractivity contribution in [2.75, 3.05) is 19.0 Å². The molecule has 2 fully saturated rings. The Morgan fingerprint density at radius 2 is 2.02 bits per heavy atom. The highest BCUT2D eigenvalue weighted by molar-refractivity contribution is 7.52. The van der Waals surface area contributed by atoms with Gasteiger partial charge in [0.25, 0.3) is 0 Å². The number of alkyl halides is 1. The van der Waals surface area contributed by atoms with Crippen LogP contribution in [-0.4, -0.2) is 74.3 Å². The highest BCUT2D eigenvalue weighted by Crippen LogP contribution is 2.66. The molecule has 222 valence electrons. The Balaban J connectivity index is 1.39. The molecule has 41 heavy (non-hydrogen) atoms. The number of nitrogens with zero attached hydrogens (tertiary/aromatic N) is 4. The second-order valence-electron chi connectivity index (χ2n) is 10.0. The molecule has 3 aromatic rings. The van der Waals surface area contributed by atoms with E-state index in [-0.39, 0.29) is 28.7 Å². The Bertz CT molecular complexity index is 1460. The lowest BCUT2D eigenvalue weighted by atomic mass is 10.0. The summed E-state index contributed by atoms with van der Waals surface area (Å²) in [5, 5.41) is 13.9. The molecule has 2 aliphatic rings. The third kappa shape index (κ3) is 5.35. The van der Waals surface area contributed by atoms with Gasteiger partial charge in [-0.05, 0) is 39.8 Å². The predicted molar refractivity (Wildman–Crippen MR) is 143 cm³/mol. The number of para-hydroxylation sites is 1. The van der Waals surface area contributed by atoms with Crippen LogP contribution in [0.15, 0.2) is 36.7 Å². The summed E-state index contributed by atoms with van der Waals surface area (Å²) in [5.74, 6) is -0.438. The number of esters is 1. The number of benzene rings is 1. The lowest BCUT2D eigenvalue weighted by Crippen LogP contribution is -2.38. The lowest BCUT2D eigenvalue weighted by Gasteiger charge is -2.28. The number of nitrogens with one attached hydrogen (secondary N) is 1. The fourth-order valence-corrected chi connectivity index (χ4v) is 6.56. The van der Waals surface area contributed by atoms with Crippen LogP contribution in [0.4, 0.5) is 10.3 Å². The summed E-state index contributed by atoms with van der Waals surface area (Å²) in [7, 11) is -4.35. The van der Waals surface area contributed by atoms with Crippen LogP contribution >= 0.6 is 7.75 Å². The number of carbonyl (C=O) groups is 1. The van der Waals surface area contributed by atoms with E-state index in [2.05, 4.69) is 20.0 Å². The monoisotopic (exact) mass is 594 g/mol. The second kappa shape index (κ2) is 11.1. The molecule has 14 nitrogen and oxygen atoms in total. The Kier molecular flexibility index (Phi) is 7.92. The van der Waals surface area contributed by atoms with Gasteiger partial charge in [0.15, 0.2) is 17.4 Å². The molecule has 4 N–H and O–H groups in total. The Hall–Kier alpha value is -3.36. The van der Waals surface area contributed by atoms with Gasteiger partial charge in [0.1, 0.15) is 36.8 Å². The molecule has 1 saturated carbocycles. The number of imidazole rings is 1. The molecule has 3 heterocycles. The molecule has 16 heteroatoms. The number of halogens is 1. The van der Waals surface area contributed by atoms with Crippen LogP contribution in [-0.2, 0) is 23.4 Å². The summed E-state index contributed by atoms with van der Waals surface area (Å²) in [4.78, 5) is 24.9. The number of hydrogen-bond acceptors (Lipinski definition) is 12. The lowest BCUT2D eigenvalue weighted by molar-refractivity contribution is -0.149. The van der Waals surface area contributed by atoms with Crippen LogP contribution < -0.4 is 20.1 Å². The van der Waals surface area contributed by atoms with Gasteiger partial charge in [0.05, 0.1) is 24.5 Å². The zero-order valence-corrected chi connectivity index (χ0v) is 23.7. The summed E-state index contributed by atoms with van der Waals surface area (Å²) >= 11 is 0. The van der Waals surface area contributed by atoms with Gasteiger partial charge in [0.2, 0.25) is 11.8 Å². The number of fused-ring (bicyclic) bond motifs is 2. The molecule has 1 saturated heterocycles. The molecule has 5 rings (SSSR count). The van der Waals surface area contributed by atoms with Crippen molar-refractivity contribution in [3.8, 4) is 11.6 Å². The van der Waals surface area contributed by atoms with Crippen molar-refractivity contribution < 1.29 is 42.1 Å². The summed E-state index contributed by atoms with van der Waals surface area (Å²) in [6.07, 6.45) is -3.84. The standard InChI is InChI=1S/C25H32FN6O8P/c1-5-36-21-16-20(29-24(27)30-21)32(12-28-16)22-17(33)25(11-26)18(38-22)19(25)40-41(35,39-15-9-7-6-8-10-15)31-14(4)23(34)37-13(2)3/h6-10,12-14,17-19,22,33H,5,11H2,1-4H3,(H,31,35)(H2,27,29,30)/t14-,17+,18-,19?,22-,25-,41?/m1/s1. The Labute approximate surface area is 234 Å². The third-order valence-electron chi connectivity index (χ3n) is 6.80. The van der Waals surface area contributed by atoms with Crippen LogP contribution in [0.1, 0.15) is 33.9 Å². The maximum absolute atomic E-state index is 14.7. The largest absolute Gasteiger partial charge is 0.476 e. The highest BCUT2D eigenvalue weighted by atomic mass is 31.2. The number of aromatic nitrogens is 4. The predicted octanol–water partition coefficient (Wildman–Crippen LogP) is 2.54. The van der Waals surface area contributed by atoms with E-state index in [9.17, 15) is 18.9 Å². The molecular weight excluding hydrogens is 562 g/mol. The van der Waals surface area contributed by atoms with E-state index in [1.165, 1.54) is 17.8 Å². The number of anilines is 1. The third-order valence-corrected chi connectivity index (χ3v) is 8.46. The number of nitrogen functional groups attached to an aromatic ring is 1. The van der Waals surface area contributed by atoms with Crippen molar-refractivity contribution in [1.29, 1.82) is 0 Å². The van der Waals surface area contributed by atoms with Crippen LogP contribution in [0.25, 0.3) is 11.2 Å². The first-order chi connectivity index (χ1) is 19.5. The number of carbonyl (C=O) groups excluding carboxylic acids is 1. The van der Waals surface area contributed by atoms with Gasteiger partial charge in [-0.1, -0.05) is 18.2 Å². The first-order valence-electron chi connectivity index (χ1n) is 13.1. The van der Waals surface area contributed by atoms with Gasteiger partial charge in [-0.25, -0.2) is 9.55 Å². The minimum absolute atomic E-state index is 0.0862. The summed E-state index contributed by atoms with van der Waals surface area (Å²) in [6.45, 7) is 5.79. The second-order valence-corrected chi connectivity index (χ2v) is 11.7. The van der Waals surface area contributed by atoms with Gasteiger partial charge in [-0.3, -0.25) is 18.3 Å². The summed E-state index contributed by atoms with van der Waals surface area (Å²) in [5.41, 5.74) is 4.76. The van der Waals surface area contributed by atoms with E-state index in [0.717, 1.165) is 0 Å². The van der Waals surface area contributed by atoms with Crippen LogP contribution in [0.3, 0.4) is 0 Å². The summed E-state index contributed by atoms with van der Waals surface area (Å²) in [6, 6.07) is 7.04. The first kappa shape index (κ1) is 29.1.